The van der Waals surface area contributed by atoms with Crippen molar-refractivity contribution >= 4 is 45.9 Å². The number of aromatic nitrogens is 3. The summed E-state index contributed by atoms with van der Waals surface area (Å²) >= 11 is 5.49. The Labute approximate surface area is 432 Å². The van der Waals surface area contributed by atoms with Gasteiger partial charge in [0.05, 0.1) is 23.9 Å². The van der Waals surface area contributed by atoms with Crippen molar-refractivity contribution < 1.29 is 78.9 Å². The largest absolute Gasteiger partial charge is 0.508 e. The van der Waals surface area contributed by atoms with Crippen molar-refractivity contribution in [1.29, 1.82) is 0 Å². The van der Waals surface area contributed by atoms with Gasteiger partial charge in [-0.3, -0.25) is 14.3 Å². The van der Waals surface area contributed by atoms with Crippen LogP contribution in [0.1, 0.15) is 41.7 Å². The number of fused-ring (bicyclic) bond motifs is 2. The van der Waals surface area contributed by atoms with E-state index in [1.165, 1.54) is 30.3 Å². The van der Waals surface area contributed by atoms with E-state index < -0.39 is 110 Å². The smallest absolute Gasteiger partial charge is 0.336 e. The van der Waals surface area contributed by atoms with Gasteiger partial charge in [0, 0.05) is 78.7 Å². The van der Waals surface area contributed by atoms with Crippen molar-refractivity contribution in [2.45, 2.75) is 130 Å². The lowest BCUT2D eigenvalue weighted by Gasteiger charge is -2.48. The molecule has 406 valence electrons. The number of phenols is 1. The summed E-state index contributed by atoms with van der Waals surface area (Å²) in [4.78, 5) is 37.7. The van der Waals surface area contributed by atoms with Gasteiger partial charge < -0.3 is 102 Å². The number of carbonyl (C=O) groups is 2. The topological polar surface area (TPSA) is 428 Å². The molecule has 4 heterocycles. The number of nitrogens with one attached hydrogen (secondary N) is 3. The summed E-state index contributed by atoms with van der Waals surface area (Å²) in [5, 5.41) is 112. The molecule has 1 saturated carbocycles. The number of aromatic carboxylic acids is 1. The molecule has 2 saturated heterocycles. The van der Waals surface area contributed by atoms with Crippen LogP contribution in [0.25, 0.3) is 33.4 Å². The molecule has 3 aromatic rings. The molecular weight excluding hydrogens is 1010 g/mol. The molecule has 2 aromatic carbocycles. The van der Waals surface area contributed by atoms with E-state index in [9.17, 15) is 60.3 Å². The number of hydrogen-bond acceptors (Lipinski definition) is 22. The van der Waals surface area contributed by atoms with Gasteiger partial charge in [-0.05, 0) is 79.9 Å². The van der Waals surface area contributed by atoms with Crippen LogP contribution in [0.3, 0.4) is 0 Å². The van der Waals surface area contributed by atoms with Gasteiger partial charge in [-0.25, -0.2) is 4.79 Å². The van der Waals surface area contributed by atoms with Crippen molar-refractivity contribution in [2.24, 2.45) is 17.2 Å². The predicted octanol–water partition coefficient (Wildman–Crippen LogP) is -2.86. The quantitative estimate of drug-likeness (QED) is 0.0238. The summed E-state index contributed by atoms with van der Waals surface area (Å²) < 4.78 is 30.5. The molecule has 27 heteroatoms. The average molecular weight is 1070 g/mol. The molecule has 26 nitrogen and oxygen atoms in total. The summed E-state index contributed by atoms with van der Waals surface area (Å²) in [6.45, 7) is -0.0593. The highest BCUT2D eigenvalue weighted by molar-refractivity contribution is 7.80. The summed E-state index contributed by atoms with van der Waals surface area (Å²) in [7, 11) is 0. The van der Waals surface area contributed by atoms with Crippen molar-refractivity contribution in [3.8, 4) is 28.2 Å². The molecule has 7 unspecified atom stereocenters. The Bertz CT molecular complexity index is 2840. The molecule has 15 atom stereocenters. The fraction of sp³-hybridized carbons (Fsp3) is 0.500. The number of aryl methyl sites for hydroxylation is 2. The number of carboxylic acids is 1. The molecule has 0 bridgehead atoms. The third-order valence-corrected chi connectivity index (χ3v) is 13.7. The third kappa shape index (κ3) is 12.5. The average Bonchev–Trinajstić information content (AvgIpc) is 3.84. The maximum atomic E-state index is 12.9. The lowest BCUT2D eigenvalue weighted by Crippen LogP contribution is -2.68. The van der Waals surface area contributed by atoms with Crippen LogP contribution >= 0.6 is 12.2 Å². The van der Waals surface area contributed by atoms with Gasteiger partial charge in [0.1, 0.15) is 78.1 Å². The summed E-state index contributed by atoms with van der Waals surface area (Å²) in [5.74, 6) is -1.45. The number of thiocarbonyl (C=S) groups is 1. The summed E-state index contributed by atoms with van der Waals surface area (Å²) in [5.41, 5.74) is 20.8. The van der Waals surface area contributed by atoms with Crippen LogP contribution in [-0.2, 0) is 36.7 Å². The maximum absolute atomic E-state index is 12.9. The first kappa shape index (κ1) is 55.4. The molecule has 75 heavy (non-hydrogen) atoms. The number of nitrogens with two attached hydrogens (primary N) is 3. The first-order valence-electron chi connectivity index (χ1n) is 24.2. The van der Waals surface area contributed by atoms with Gasteiger partial charge >= 0.3 is 5.97 Å². The Balaban J connectivity index is 0.769. The molecule has 0 radical (unpaired) electrons. The molecule has 3 fully saturated rings. The van der Waals surface area contributed by atoms with Gasteiger partial charge in [-0.2, -0.15) is 0 Å². The first-order chi connectivity index (χ1) is 35.8. The Morgan fingerprint density at radius 1 is 0.813 bits per heavy atom. The molecular formula is C48H61N9O17S. The third-order valence-electron chi connectivity index (χ3n) is 13.5. The second kappa shape index (κ2) is 24.0. The van der Waals surface area contributed by atoms with E-state index in [2.05, 4.69) is 26.3 Å². The van der Waals surface area contributed by atoms with E-state index in [0.29, 0.717) is 65.8 Å². The van der Waals surface area contributed by atoms with Gasteiger partial charge in [0.15, 0.2) is 23.1 Å². The van der Waals surface area contributed by atoms with E-state index in [-0.39, 0.29) is 52.6 Å². The fourth-order valence-corrected chi connectivity index (χ4v) is 9.67. The molecule has 8 rings (SSSR count). The summed E-state index contributed by atoms with van der Waals surface area (Å²) in [6, 6.07) is 10.3. The van der Waals surface area contributed by atoms with Crippen molar-refractivity contribution in [3.05, 3.63) is 82.3 Å². The number of aromatic hydroxyl groups is 1. The fourth-order valence-electron chi connectivity index (χ4n) is 9.45. The number of aliphatic hydroxyl groups excluding tert-OH is 7. The molecule has 0 spiro atoms. The van der Waals surface area contributed by atoms with Gasteiger partial charge in [-0.15, -0.1) is 5.10 Å². The number of carboxylic acid groups (broad SMARTS) is 1. The maximum Gasteiger partial charge on any atom is 0.336 e. The number of aliphatic hydroxyl groups is 7. The second-order valence-electron chi connectivity index (χ2n) is 18.8. The zero-order valence-corrected chi connectivity index (χ0v) is 40.9. The zero-order chi connectivity index (χ0) is 53.8. The molecule has 1 amide bonds. The number of rotatable bonds is 18. The standard InChI is InChI=1S/C48H61N9O17S/c49-28-16-29(50)44(42(67)43(28)73-46-39(64)36(51)37(62)33(19-58)72-46)74-47-41(66)40(65)38(63)32(71-47)17-53-34(61)4-1-3-21-18-57(56-55-21)12-2-11-52-48(75)54-20-5-8-24(27(13-20)45(68)69)35-25-9-6-22(59)14-30(25)70-31-15-23(60)7-10-26(31)35/h5-10,13-15,18,28-29,32-33,36-44,46-47,58-59,62-67H,1-4,11-12,16-17,19,49-51H2,(H,53,61)(H,68,69)(H2,52,54,75)/t28-,29?,32?,33?,36?,37+,38-,39?,40+,41?,42-,43?,44-,46+,47-/m1/s1. The van der Waals surface area contributed by atoms with Crippen LogP contribution in [0.2, 0.25) is 0 Å². The Hall–Kier alpha value is -5.86. The van der Waals surface area contributed by atoms with E-state index in [1.807, 2.05) is 0 Å². The monoisotopic (exact) mass is 1070 g/mol. The van der Waals surface area contributed by atoms with Crippen LogP contribution in [0.4, 0.5) is 5.69 Å². The Kier molecular flexibility index (Phi) is 17.7. The predicted molar refractivity (Wildman–Crippen MR) is 267 cm³/mol. The number of ether oxygens (including phenoxy) is 4. The van der Waals surface area contributed by atoms with Crippen molar-refractivity contribution in [1.82, 2.24) is 25.6 Å². The lowest BCUT2D eigenvalue weighted by molar-refractivity contribution is -0.332. The Morgan fingerprint density at radius 2 is 1.52 bits per heavy atom. The normalized spacial score (nSPS) is 30.0. The first-order valence-corrected chi connectivity index (χ1v) is 24.6. The van der Waals surface area contributed by atoms with Crippen molar-refractivity contribution in [2.75, 3.05) is 25.0 Å². The van der Waals surface area contributed by atoms with Crippen LogP contribution < -0.4 is 38.6 Å². The van der Waals surface area contributed by atoms with Crippen LogP contribution in [0.5, 0.6) is 5.75 Å². The highest BCUT2D eigenvalue weighted by atomic mass is 32.1. The van der Waals surface area contributed by atoms with Gasteiger partial charge in [0.25, 0.3) is 0 Å². The van der Waals surface area contributed by atoms with E-state index in [4.69, 9.17) is 52.8 Å². The minimum absolute atomic E-state index is 0.00475. The van der Waals surface area contributed by atoms with Gasteiger partial charge in [0.2, 0.25) is 5.91 Å². The minimum Gasteiger partial charge on any atom is -0.508 e. The highest BCUT2D eigenvalue weighted by Gasteiger charge is 2.52. The molecule has 2 aliphatic carbocycles. The van der Waals surface area contributed by atoms with Gasteiger partial charge in [-0.1, -0.05) is 11.3 Å². The van der Waals surface area contributed by atoms with E-state index >= 15 is 0 Å². The minimum atomic E-state index is -1.82. The molecule has 1 aromatic heterocycles. The molecule has 5 aliphatic rings. The summed E-state index contributed by atoms with van der Waals surface area (Å²) in [6.07, 6.45) is -15.1. The van der Waals surface area contributed by atoms with E-state index in [0.717, 1.165) is 0 Å². The number of anilines is 1. The number of phenolic OH excluding ortho intramolecular Hbond substituents is 1. The SMILES string of the molecule is NC1C(O)[C@H](OC2[C@H](N)CC(N)[C@@H](O[C@H]3OC(CNC(=O)CCCc4cn(CCCNC(=S)Nc5ccc(-c6c7ccc(=O)cc-7oc7cc(O)ccc67)c(C(=O)O)c5)nn4)[C@@H](O)[C@H](O)C3O)[C@@H]2O)OC(CO)[C@@H]1O. The molecule has 3 aliphatic heterocycles. The number of carbonyl (C=O) groups excluding carboxylic acids is 1. The Morgan fingerprint density at radius 3 is 2.24 bits per heavy atom. The number of amides is 1. The second-order valence-corrected chi connectivity index (χ2v) is 19.2. The number of benzene rings is 3. The highest BCUT2D eigenvalue weighted by Crippen LogP contribution is 2.42. The van der Waals surface area contributed by atoms with E-state index in [1.54, 1.807) is 35.1 Å². The zero-order valence-electron chi connectivity index (χ0n) is 40.1. The lowest BCUT2D eigenvalue weighted by atomic mass is 9.84. The number of nitrogens with zero attached hydrogens (tertiary/aromatic N) is 3. The van der Waals surface area contributed by atoms with Crippen LogP contribution in [-0.4, -0.2) is 189 Å². The molecule has 18 N–H and O–H groups in total. The van der Waals surface area contributed by atoms with Crippen molar-refractivity contribution in [3.63, 3.8) is 0 Å². The van der Waals surface area contributed by atoms with Crippen LogP contribution in [0.15, 0.2) is 70.0 Å². The van der Waals surface area contributed by atoms with Crippen LogP contribution in [0, 0.1) is 0 Å². The number of hydrogen-bond donors (Lipinski definition) is 15.